The van der Waals surface area contributed by atoms with Crippen molar-refractivity contribution in [1.82, 2.24) is 14.5 Å². The number of carbonyl (C=O) groups is 1. The molecule has 128 valence electrons. The molecule has 0 aliphatic carbocycles. The second kappa shape index (κ2) is 5.86. The lowest BCUT2D eigenvalue weighted by molar-refractivity contribution is 0.0602. The van der Waals surface area contributed by atoms with Crippen molar-refractivity contribution in [3.05, 3.63) is 56.5 Å². The van der Waals surface area contributed by atoms with Gasteiger partial charge >= 0.3 is 11.7 Å². The number of anilines is 1. The Balaban J connectivity index is 2.59. The van der Waals surface area contributed by atoms with Crippen molar-refractivity contribution in [3.63, 3.8) is 0 Å². The number of hydrogen-bond donors (Lipinski definition) is 2. The number of aryl methyl sites for hydroxylation is 1. The Labute approximate surface area is 139 Å². The van der Waals surface area contributed by atoms with E-state index in [1.165, 1.54) is 31.3 Å². The zero-order chi connectivity index (χ0) is 18.3. The van der Waals surface area contributed by atoms with E-state index in [4.69, 9.17) is 10.5 Å². The van der Waals surface area contributed by atoms with Gasteiger partial charge in [0.25, 0.3) is 5.56 Å². The number of esters is 1. The van der Waals surface area contributed by atoms with E-state index in [0.29, 0.717) is 5.56 Å². The number of carbonyl (C=O) groups excluding carboxylic acids is 1. The molecular weight excluding hydrogens is 331 g/mol. The number of methoxy groups -OCH3 is 1. The Bertz CT molecular complexity index is 1120. The van der Waals surface area contributed by atoms with Crippen LogP contribution >= 0.6 is 0 Å². The van der Waals surface area contributed by atoms with Gasteiger partial charge in [0, 0.05) is 12.6 Å². The number of aromatic nitrogens is 3. The fourth-order valence-corrected chi connectivity index (χ4v) is 2.60. The number of nitrogen functional groups attached to an aromatic ring is 1. The number of nitrogens with two attached hydrogens (primary N) is 1. The lowest BCUT2D eigenvalue weighted by Gasteiger charge is -2.14. The third kappa shape index (κ3) is 2.55. The number of aromatic amines is 1. The van der Waals surface area contributed by atoms with Gasteiger partial charge in [0.2, 0.25) is 0 Å². The summed E-state index contributed by atoms with van der Waals surface area (Å²) in [6.45, 7) is 0. The summed E-state index contributed by atoms with van der Waals surface area (Å²) in [6, 6.07) is 5.13. The minimum absolute atomic E-state index is 0.00164. The largest absolute Gasteiger partial charge is 0.465 e. The fraction of sp³-hybridized carbons (Fsp3) is 0.125. The average molecular weight is 344 g/mol. The Kier molecular flexibility index (Phi) is 3.84. The maximum atomic E-state index is 13.3. The number of nitrogens with one attached hydrogen (secondary N) is 1. The molecule has 9 heteroatoms. The van der Waals surface area contributed by atoms with E-state index in [2.05, 4.69) is 9.97 Å². The summed E-state index contributed by atoms with van der Waals surface area (Å²) in [4.78, 5) is 42.6. The van der Waals surface area contributed by atoms with Gasteiger partial charge in [0.05, 0.1) is 12.5 Å². The Morgan fingerprint density at radius 2 is 1.92 bits per heavy atom. The van der Waals surface area contributed by atoms with Crippen LogP contribution in [-0.4, -0.2) is 27.6 Å². The highest BCUT2D eigenvalue weighted by atomic mass is 19.1. The lowest BCUT2D eigenvalue weighted by Crippen LogP contribution is -2.30. The van der Waals surface area contributed by atoms with E-state index >= 15 is 0 Å². The molecule has 2 heterocycles. The first-order chi connectivity index (χ1) is 11.8. The number of hydrogen-bond acceptors (Lipinski definition) is 6. The first-order valence-corrected chi connectivity index (χ1v) is 7.12. The molecule has 3 aromatic rings. The van der Waals surface area contributed by atoms with Gasteiger partial charge in [-0.05, 0) is 17.7 Å². The molecular formula is C16H13FN4O4. The van der Waals surface area contributed by atoms with Gasteiger partial charge in [0.1, 0.15) is 17.2 Å². The minimum Gasteiger partial charge on any atom is -0.465 e. The van der Waals surface area contributed by atoms with Crippen molar-refractivity contribution >= 4 is 22.8 Å². The van der Waals surface area contributed by atoms with Crippen LogP contribution in [0.2, 0.25) is 0 Å². The zero-order valence-corrected chi connectivity index (χ0v) is 13.3. The van der Waals surface area contributed by atoms with Crippen LogP contribution in [0.25, 0.3) is 22.2 Å². The number of fused-ring (bicyclic) bond motifs is 1. The SMILES string of the molecule is COC(=O)c1c(N)nc2c(c1-c1ccc(F)cc1)c(=O)[nH]c(=O)n2C. The van der Waals surface area contributed by atoms with E-state index in [0.717, 1.165) is 11.7 Å². The lowest BCUT2D eigenvalue weighted by atomic mass is 9.97. The summed E-state index contributed by atoms with van der Waals surface area (Å²) in [5.74, 6) is -1.50. The molecule has 0 amide bonds. The van der Waals surface area contributed by atoms with Gasteiger partial charge in [-0.3, -0.25) is 14.3 Å². The molecule has 0 spiro atoms. The summed E-state index contributed by atoms with van der Waals surface area (Å²) in [6.07, 6.45) is 0. The molecule has 2 aromatic heterocycles. The highest BCUT2D eigenvalue weighted by Crippen LogP contribution is 2.32. The van der Waals surface area contributed by atoms with E-state index in [-0.39, 0.29) is 28.0 Å². The quantitative estimate of drug-likeness (QED) is 0.663. The number of pyridine rings is 1. The number of ether oxygens (including phenoxy) is 1. The van der Waals surface area contributed by atoms with Gasteiger partial charge in [-0.25, -0.2) is 19.0 Å². The van der Waals surface area contributed by atoms with Gasteiger partial charge < -0.3 is 10.5 Å². The van der Waals surface area contributed by atoms with E-state index in [1.54, 1.807) is 0 Å². The monoisotopic (exact) mass is 344 g/mol. The predicted molar refractivity (Wildman–Crippen MR) is 88.8 cm³/mol. The molecule has 0 radical (unpaired) electrons. The second-order valence-electron chi connectivity index (χ2n) is 5.26. The Morgan fingerprint density at radius 3 is 2.52 bits per heavy atom. The normalized spacial score (nSPS) is 10.8. The molecule has 25 heavy (non-hydrogen) atoms. The summed E-state index contributed by atoms with van der Waals surface area (Å²) < 4.78 is 19.1. The first kappa shape index (κ1) is 16.4. The maximum absolute atomic E-state index is 13.3. The summed E-state index contributed by atoms with van der Waals surface area (Å²) in [7, 11) is 2.56. The fourth-order valence-electron chi connectivity index (χ4n) is 2.60. The van der Waals surface area contributed by atoms with Crippen LogP contribution in [0.1, 0.15) is 10.4 Å². The molecule has 0 unspecified atom stereocenters. The molecule has 0 atom stereocenters. The molecule has 3 N–H and O–H groups in total. The standard InChI is InChI=1S/C16H13FN4O4/c1-21-13-11(14(22)20-16(21)24)9(7-3-5-8(17)6-4-7)10(12(18)19-13)15(23)25-2/h3-6H,1-2H3,(H2,18,19)(H,20,22,24). The minimum atomic E-state index is -0.806. The van der Waals surface area contributed by atoms with Crippen LogP contribution in [0.4, 0.5) is 10.2 Å². The van der Waals surface area contributed by atoms with Crippen molar-refractivity contribution in [2.24, 2.45) is 7.05 Å². The predicted octanol–water partition coefficient (Wildman–Crippen LogP) is 0.797. The van der Waals surface area contributed by atoms with Crippen molar-refractivity contribution in [2.75, 3.05) is 12.8 Å². The van der Waals surface area contributed by atoms with Crippen molar-refractivity contribution in [1.29, 1.82) is 0 Å². The maximum Gasteiger partial charge on any atom is 0.342 e. The average Bonchev–Trinajstić information content (AvgIpc) is 2.58. The number of rotatable bonds is 2. The molecule has 0 aliphatic rings. The van der Waals surface area contributed by atoms with Crippen LogP contribution < -0.4 is 17.0 Å². The van der Waals surface area contributed by atoms with E-state index < -0.39 is 23.0 Å². The molecule has 0 saturated heterocycles. The van der Waals surface area contributed by atoms with Crippen LogP contribution in [-0.2, 0) is 11.8 Å². The van der Waals surface area contributed by atoms with Crippen LogP contribution in [0.5, 0.6) is 0 Å². The molecule has 3 rings (SSSR count). The number of nitrogens with zero attached hydrogens (tertiary/aromatic N) is 2. The third-order valence-corrected chi connectivity index (χ3v) is 3.80. The Morgan fingerprint density at radius 1 is 1.28 bits per heavy atom. The van der Waals surface area contributed by atoms with Crippen molar-refractivity contribution < 1.29 is 13.9 Å². The molecule has 8 nitrogen and oxygen atoms in total. The smallest absolute Gasteiger partial charge is 0.342 e. The van der Waals surface area contributed by atoms with Gasteiger partial charge in [-0.1, -0.05) is 12.1 Å². The van der Waals surface area contributed by atoms with Gasteiger partial charge in [-0.2, -0.15) is 0 Å². The van der Waals surface area contributed by atoms with Gasteiger partial charge in [0.15, 0.2) is 5.65 Å². The highest BCUT2D eigenvalue weighted by Gasteiger charge is 2.24. The third-order valence-electron chi connectivity index (χ3n) is 3.80. The van der Waals surface area contributed by atoms with E-state index in [1.807, 2.05) is 0 Å². The molecule has 0 aliphatic heterocycles. The second-order valence-corrected chi connectivity index (χ2v) is 5.26. The summed E-state index contributed by atoms with van der Waals surface area (Å²) in [5, 5.41) is -0.0247. The van der Waals surface area contributed by atoms with Gasteiger partial charge in [-0.15, -0.1) is 0 Å². The highest BCUT2D eigenvalue weighted by molar-refractivity contribution is 6.09. The number of halogens is 1. The molecule has 0 bridgehead atoms. The zero-order valence-electron chi connectivity index (χ0n) is 13.3. The number of H-pyrrole nitrogens is 1. The topological polar surface area (TPSA) is 120 Å². The first-order valence-electron chi connectivity index (χ1n) is 7.12. The summed E-state index contributed by atoms with van der Waals surface area (Å²) >= 11 is 0. The van der Waals surface area contributed by atoms with Crippen molar-refractivity contribution in [2.45, 2.75) is 0 Å². The molecule has 0 saturated carbocycles. The number of benzene rings is 1. The van der Waals surface area contributed by atoms with Crippen molar-refractivity contribution in [3.8, 4) is 11.1 Å². The summed E-state index contributed by atoms with van der Waals surface area (Å²) in [5.41, 5.74) is 4.80. The van der Waals surface area contributed by atoms with E-state index in [9.17, 15) is 18.8 Å². The van der Waals surface area contributed by atoms with Crippen LogP contribution in [0.15, 0.2) is 33.9 Å². The van der Waals surface area contributed by atoms with Crippen LogP contribution in [0.3, 0.4) is 0 Å². The molecule has 1 aromatic carbocycles. The Hall–Kier alpha value is -3.49. The van der Waals surface area contributed by atoms with Crippen LogP contribution in [0, 0.1) is 5.82 Å². The molecule has 0 fully saturated rings.